The van der Waals surface area contributed by atoms with E-state index in [1.807, 2.05) is 12.1 Å². The van der Waals surface area contributed by atoms with Gasteiger partial charge >= 0.3 is 0 Å². The molecule has 3 atom stereocenters. The van der Waals surface area contributed by atoms with Crippen molar-refractivity contribution in [2.24, 2.45) is 0 Å². The molecule has 34 heavy (non-hydrogen) atoms. The minimum absolute atomic E-state index is 0.0798. The Morgan fingerprint density at radius 1 is 0.941 bits per heavy atom. The summed E-state index contributed by atoms with van der Waals surface area (Å²) in [5.41, 5.74) is 3.69. The summed E-state index contributed by atoms with van der Waals surface area (Å²) in [6, 6.07) is 29.7. The normalized spacial score (nSPS) is 19.9. The molecule has 3 aromatic carbocycles. The van der Waals surface area contributed by atoms with Crippen molar-refractivity contribution in [3.63, 3.8) is 0 Å². The quantitative estimate of drug-likeness (QED) is 0.346. The highest BCUT2D eigenvalue weighted by Crippen LogP contribution is 2.48. The molecule has 172 valence electrons. The van der Waals surface area contributed by atoms with Gasteiger partial charge in [-0.05, 0) is 66.1 Å². The number of hydrogen-bond acceptors (Lipinski definition) is 2. The van der Waals surface area contributed by atoms with Crippen molar-refractivity contribution in [1.82, 2.24) is 10.6 Å². The van der Waals surface area contributed by atoms with Gasteiger partial charge in [-0.1, -0.05) is 97.1 Å². The monoisotopic (exact) mass is 484 g/mol. The molecule has 0 amide bonds. The Labute approximate surface area is 208 Å². The molecule has 0 fully saturated rings. The Hall–Kier alpha value is -2.78. The van der Waals surface area contributed by atoms with E-state index in [1.54, 1.807) is 0 Å². The molecule has 3 N–H and O–H groups in total. The number of aliphatic hydroxyl groups is 1. The van der Waals surface area contributed by atoms with Crippen molar-refractivity contribution in [2.75, 3.05) is 0 Å². The van der Waals surface area contributed by atoms with Gasteiger partial charge in [0.2, 0.25) is 0 Å². The maximum atomic E-state index is 10.6. The Kier molecular flexibility index (Phi) is 6.92. The summed E-state index contributed by atoms with van der Waals surface area (Å²) in [5, 5.41) is 22.2. The van der Waals surface area contributed by atoms with Crippen LogP contribution in [0.4, 0.5) is 0 Å². The molecule has 0 saturated carbocycles. The number of hydrogen-bond donors (Lipinski definition) is 3. The fourth-order valence-corrected chi connectivity index (χ4v) is 7.85. The molecule has 0 unspecified atom stereocenters. The van der Waals surface area contributed by atoms with Crippen molar-refractivity contribution < 1.29 is 5.11 Å². The van der Waals surface area contributed by atoms with Gasteiger partial charge < -0.3 is 15.7 Å². The summed E-state index contributed by atoms with van der Waals surface area (Å²) in [5.74, 6) is 0. The van der Waals surface area contributed by atoms with Gasteiger partial charge in [0, 0.05) is 12.5 Å². The van der Waals surface area contributed by atoms with Gasteiger partial charge in [-0.15, -0.1) is 0 Å². The van der Waals surface area contributed by atoms with Crippen LogP contribution in [-0.2, 0) is 6.42 Å². The van der Waals surface area contributed by atoms with Gasteiger partial charge in [0.05, 0.1) is 12.1 Å². The second-order valence-corrected chi connectivity index (χ2v) is 11.4. The number of nitrogens with one attached hydrogen (secondary N) is 2. The van der Waals surface area contributed by atoms with Crippen LogP contribution in [0, 0.1) is 0 Å². The molecule has 0 radical (unpaired) electrons. The second-order valence-electron chi connectivity index (χ2n) is 8.81. The Balaban J connectivity index is 1.38. The predicted octanol–water partition coefficient (Wildman–Crippen LogP) is 4.84. The zero-order valence-electron chi connectivity index (χ0n) is 19.2. The lowest BCUT2D eigenvalue weighted by Crippen LogP contribution is -2.44. The van der Waals surface area contributed by atoms with E-state index in [4.69, 9.17) is 12.2 Å². The summed E-state index contributed by atoms with van der Waals surface area (Å²) in [6.45, 7) is 2.18. The highest BCUT2D eigenvalue weighted by molar-refractivity contribution is 7.80. The van der Waals surface area contributed by atoms with Gasteiger partial charge in [-0.25, -0.2) is 0 Å². The van der Waals surface area contributed by atoms with Gasteiger partial charge in [0.15, 0.2) is 5.11 Å². The van der Waals surface area contributed by atoms with E-state index in [2.05, 4.69) is 103 Å². The lowest BCUT2D eigenvalue weighted by atomic mass is 10.1. The van der Waals surface area contributed by atoms with Crippen molar-refractivity contribution in [3.8, 4) is 0 Å². The van der Waals surface area contributed by atoms with Gasteiger partial charge in [-0.3, -0.25) is 0 Å². The maximum Gasteiger partial charge on any atom is 0.167 e. The summed E-state index contributed by atoms with van der Waals surface area (Å²) in [4.78, 5) is 0. The van der Waals surface area contributed by atoms with Crippen LogP contribution in [0.3, 0.4) is 0 Å². The first-order valence-corrected chi connectivity index (χ1v) is 13.5. The third-order valence-electron chi connectivity index (χ3n) is 6.57. The fraction of sp³-hybridized carbons (Fsp3) is 0.207. The first-order chi connectivity index (χ1) is 16.6. The molecule has 0 bridgehead atoms. The Morgan fingerprint density at radius 3 is 2.24 bits per heavy atom. The fourth-order valence-electron chi connectivity index (χ4n) is 4.92. The molecular formula is C29H29N2OPS. The van der Waals surface area contributed by atoms with Crippen molar-refractivity contribution >= 4 is 35.9 Å². The maximum absolute atomic E-state index is 10.6. The van der Waals surface area contributed by atoms with E-state index in [0.29, 0.717) is 11.5 Å². The molecule has 3 aromatic rings. The van der Waals surface area contributed by atoms with E-state index in [9.17, 15) is 5.11 Å². The summed E-state index contributed by atoms with van der Waals surface area (Å²) in [6.07, 6.45) is 5.66. The second kappa shape index (κ2) is 10.2. The molecule has 3 nitrogen and oxygen atoms in total. The molecule has 2 aliphatic carbocycles. The van der Waals surface area contributed by atoms with Crippen LogP contribution in [0.5, 0.6) is 0 Å². The Morgan fingerprint density at radius 2 is 1.56 bits per heavy atom. The molecule has 0 heterocycles. The molecule has 5 heteroatoms. The van der Waals surface area contributed by atoms with Crippen LogP contribution >= 0.6 is 20.1 Å². The third kappa shape index (κ3) is 4.72. The minimum atomic E-state index is -0.654. The largest absolute Gasteiger partial charge is 0.390 e. The van der Waals surface area contributed by atoms with Gasteiger partial charge in [0.25, 0.3) is 0 Å². The molecule has 0 saturated heterocycles. The van der Waals surface area contributed by atoms with E-state index in [0.717, 1.165) is 12.0 Å². The standard InChI is InChI=1S/C29H29N2OPS/c1-20(30-29(34)31-28-25-16-9-8-11-21(25)19-26(28)32)24-17-10-18-27(24)33(22-12-4-2-5-13-22)23-14-6-3-7-15-23/h2-16,18,20,26,28,32H,17,19H2,1H3,(H2,30,31,34)/t20-,26+,28+/m1/s1. The third-order valence-corrected chi connectivity index (χ3v) is 9.36. The van der Waals surface area contributed by atoms with E-state index >= 15 is 0 Å². The van der Waals surface area contributed by atoms with Gasteiger partial charge in [0.1, 0.15) is 0 Å². The van der Waals surface area contributed by atoms with E-state index in [1.165, 1.54) is 27.1 Å². The van der Waals surface area contributed by atoms with E-state index in [-0.39, 0.29) is 12.1 Å². The number of allylic oxidation sites excluding steroid dienone is 3. The SMILES string of the molecule is C[C@@H](NC(=S)N[C@H]1c2ccccc2C[C@@H]1O)C1=C(P(c2ccccc2)c2ccccc2)C=CC1. The zero-order chi connectivity index (χ0) is 23.5. The summed E-state index contributed by atoms with van der Waals surface area (Å²) in [7, 11) is -0.654. The first-order valence-electron chi connectivity index (χ1n) is 11.7. The highest BCUT2D eigenvalue weighted by atomic mass is 32.1. The topological polar surface area (TPSA) is 44.3 Å². The van der Waals surface area contributed by atoms with Crippen LogP contribution < -0.4 is 21.2 Å². The number of aliphatic hydroxyl groups excluding tert-OH is 1. The van der Waals surface area contributed by atoms with Crippen molar-refractivity contribution in [3.05, 3.63) is 119 Å². The van der Waals surface area contributed by atoms with Crippen LogP contribution in [0.2, 0.25) is 0 Å². The number of thiocarbonyl (C=S) groups is 1. The Bertz CT molecular complexity index is 1190. The van der Waals surface area contributed by atoms with Crippen LogP contribution in [-0.4, -0.2) is 22.4 Å². The summed E-state index contributed by atoms with van der Waals surface area (Å²) < 4.78 is 0. The minimum Gasteiger partial charge on any atom is -0.390 e. The van der Waals surface area contributed by atoms with E-state index < -0.39 is 14.0 Å². The number of fused-ring (bicyclic) bond motifs is 1. The smallest absolute Gasteiger partial charge is 0.167 e. The molecular weight excluding hydrogens is 455 g/mol. The highest BCUT2D eigenvalue weighted by Gasteiger charge is 2.32. The van der Waals surface area contributed by atoms with Crippen LogP contribution in [0.1, 0.15) is 30.5 Å². The van der Waals surface area contributed by atoms with Gasteiger partial charge in [-0.2, -0.15) is 0 Å². The molecule has 5 rings (SSSR count). The lowest BCUT2D eigenvalue weighted by molar-refractivity contribution is 0.150. The van der Waals surface area contributed by atoms with Crippen molar-refractivity contribution in [1.29, 1.82) is 0 Å². The molecule has 0 aliphatic heterocycles. The number of benzene rings is 3. The summed E-state index contributed by atoms with van der Waals surface area (Å²) >= 11 is 5.70. The first kappa shape index (κ1) is 23.0. The lowest BCUT2D eigenvalue weighted by Gasteiger charge is -2.26. The molecule has 0 aromatic heterocycles. The average molecular weight is 485 g/mol. The predicted molar refractivity (Wildman–Crippen MR) is 147 cm³/mol. The average Bonchev–Trinajstić information content (AvgIpc) is 3.45. The van der Waals surface area contributed by atoms with Crippen LogP contribution in [0.15, 0.2) is 108 Å². The number of rotatable bonds is 6. The van der Waals surface area contributed by atoms with Crippen molar-refractivity contribution in [2.45, 2.75) is 38.0 Å². The zero-order valence-corrected chi connectivity index (χ0v) is 20.9. The van der Waals surface area contributed by atoms with Crippen LogP contribution in [0.25, 0.3) is 0 Å². The molecule has 2 aliphatic rings. The molecule has 0 spiro atoms.